The molecule has 1 aliphatic rings. The van der Waals surface area contributed by atoms with Crippen LogP contribution in [0.5, 0.6) is 0 Å². The average Bonchev–Trinajstić information content (AvgIpc) is 1.77. The molecule has 1 fully saturated rings. The largest absolute Gasteiger partial charge is 0.311 e. The summed E-state index contributed by atoms with van der Waals surface area (Å²) < 4.78 is 25.1. The van der Waals surface area contributed by atoms with Gasteiger partial charge in [0.1, 0.15) is 0 Å². The Morgan fingerprint density at radius 2 is 2.22 bits per heavy atom. The first-order chi connectivity index (χ1) is 4.13. The van der Waals surface area contributed by atoms with Crippen LogP contribution in [-0.2, 0) is 0 Å². The van der Waals surface area contributed by atoms with Gasteiger partial charge in [0, 0.05) is 5.92 Å². The van der Waals surface area contributed by atoms with Crippen molar-refractivity contribution in [2.75, 3.05) is 13.1 Å². The molecular formula is C6H11F2N. The van der Waals surface area contributed by atoms with Crippen LogP contribution in [0.4, 0.5) is 8.78 Å². The average molecular weight is 135 g/mol. The Labute approximate surface area is 53.4 Å². The van der Waals surface area contributed by atoms with E-state index < -0.39 is 11.8 Å². The van der Waals surface area contributed by atoms with E-state index in [2.05, 4.69) is 5.32 Å². The van der Waals surface area contributed by atoms with Gasteiger partial charge < -0.3 is 5.32 Å². The van der Waals surface area contributed by atoms with Gasteiger partial charge in [-0.25, -0.2) is 8.78 Å². The third kappa shape index (κ3) is 1.39. The number of alkyl halides is 2. The molecule has 9 heavy (non-hydrogen) atoms. The van der Waals surface area contributed by atoms with Crippen LogP contribution in [-0.4, -0.2) is 19.0 Å². The fourth-order valence-corrected chi connectivity index (χ4v) is 0.959. The van der Waals surface area contributed by atoms with Crippen LogP contribution in [0.2, 0.25) is 0 Å². The molecule has 0 aliphatic carbocycles. The summed E-state index contributed by atoms with van der Waals surface area (Å²) in [5.74, 6) is -2.92. The van der Waals surface area contributed by atoms with Crippen LogP contribution in [0.1, 0.15) is 13.3 Å². The fraction of sp³-hybridized carbons (Fsp3) is 1.00. The third-order valence-electron chi connectivity index (χ3n) is 1.84. The first-order valence-corrected chi connectivity index (χ1v) is 3.21. The van der Waals surface area contributed by atoms with Gasteiger partial charge in [0.15, 0.2) is 0 Å². The highest BCUT2D eigenvalue weighted by molar-refractivity contribution is 4.81. The monoisotopic (exact) mass is 135 g/mol. The van der Waals surface area contributed by atoms with E-state index in [1.54, 1.807) is 6.92 Å². The van der Waals surface area contributed by atoms with E-state index >= 15 is 0 Å². The van der Waals surface area contributed by atoms with Crippen molar-refractivity contribution in [3.8, 4) is 0 Å². The molecule has 1 nitrogen and oxygen atoms in total. The Kier molecular flexibility index (Phi) is 1.70. The van der Waals surface area contributed by atoms with Gasteiger partial charge in [-0.2, -0.15) is 0 Å². The molecule has 1 rings (SSSR count). The van der Waals surface area contributed by atoms with Crippen molar-refractivity contribution < 1.29 is 8.78 Å². The summed E-state index contributed by atoms with van der Waals surface area (Å²) in [6.07, 6.45) is 0.590. The van der Waals surface area contributed by atoms with Crippen molar-refractivity contribution in [3.63, 3.8) is 0 Å². The lowest BCUT2D eigenvalue weighted by Crippen LogP contribution is -2.44. The zero-order valence-corrected chi connectivity index (χ0v) is 5.45. The second-order valence-electron chi connectivity index (χ2n) is 2.63. The summed E-state index contributed by atoms with van der Waals surface area (Å²) in [5.41, 5.74) is 0. The zero-order chi connectivity index (χ0) is 6.91. The molecule has 0 saturated carbocycles. The van der Waals surface area contributed by atoms with Crippen molar-refractivity contribution in [2.24, 2.45) is 5.92 Å². The number of rotatable bonds is 0. The maximum absolute atomic E-state index is 12.5. The minimum atomic E-state index is -2.47. The minimum absolute atomic E-state index is 0.145. The molecule has 0 aromatic rings. The summed E-state index contributed by atoms with van der Waals surface area (Å²) in [7, 11) is 0. The molecule has 1 saturated heterocycles. The number of hydrogen-bond acceptors (Lipinski definition) is 1. The molecule has 3 heteroatoms. The van der Waals surface area contributed by atoms with Crippen molar-refractivity contribution in [3.05, 3.63) is 0 Å². The van der Waals surface area contributed by atoms with Gasteiger partial charge in [-0.3, -0.25) is 0 Å². The first-order valence-electron chi connectivity index (χ1n) is 3.21. The molecule has 0 unspecified atom stereocenters. The first kappa shape index (κ1) is 6.93. The Balaban J connectivity index is 2.49. The lowest BCUT2D eigenvalue weighted by atomic mass is 9.97. The maximum atomic E-state index is 12.5. The SMILES string of the molecule is C[C@H]1CCNCC1(F)F. The van der Waals surface area contributed by atoms with Gasteiger partial charge in [-0.1, -0.05) is 6.92 Å². The molecule has 0 bridgehead atoms. The second-order valence-corrected chi connectivity index (χ2v) is 2.63. The summed E-state index contributed by atoms with van der Waals surface area (Å²) in [5, 5.41) is 2.66. The van der Waals surface area contributed by atoms with E-state index in [9.17, 15) is 8.78 Å². The van der Waals surface area contributed by atoms with Crippen molar-refractivity contribution in [2.45, 2.75) is 19.3 Å². The van der Waals surface area contributed by atoms with Crippen molar-refractivity contribution in [1.29, 1.82) is 0 Å². The van der Waals surface area contributed by atoms with Gasteiger partial charge >= 0.3 is 0 Å². The number of nitrogens with one attached hydrogen (secondary N) is 1. The standard InChI is InChI=1S/C6H11F2N/c1-5-2-3-9-4-6(5,7)8/h5,9H,2-4H2,1H3/t5-/m0/s1. The van der Waals surface area contributed by atoms with E-state index in [4.69, 9.17) is 0 Å². The number of piperidine rings is 1. The van der Waals surface area contributed by atoms with Gasteiger partial charge in [0.2, 0.25) is 0 Å². The quantitative estimate of drug-likeness (QED) is 0.527. The van der Waals surface area contributed by atoms with Crippen LogP contribution >= 0.6 is 0 Å². The highest BCUT2D eigenvalue weighted by Gasteiger charge is 2.37. The van der Waals surface area contributed by atoms with Gasteiger partial charge in [0.25, 0.3) is 5.92 Å². The van der Waals surface area contributed by atoms with Crippen LogP contribution in [0.25, 0.3) is 0 Å². The van der Waals surface area contributed by atoms with Crippen molar-refractivity contribution >= 4 is 0 Å². The second kappa shape index (κ2) is 2.21. The van der Waals surface area contributed by atoms with E-state index in [-0.39, 0.29) is 6.54 Å². The van der Waals surface area contributed by atoms with E-state index in [1.165, 1.54) is 0 Å². The highest BCUT2D eigenvalue weighted by Crippen LogP contribution is 2.28. The molecule has 1 aliphatic heterocycles. The summed E-state index contributed by atoms with van der Waals surface area (Å²) in [6.45, 7) is 2.19. The zero-order valence-electron chi connectivity index (χ0n) is 5.45. The van der Waals surface area contributed by atoms with Gasteiger partial charge in [-0.05, 0) is 13.0 Å². The van der Waals surface area contributed by atoms with Crippen LogP contribution in [0, 0.1) is 5.92 Å². The number of hydrogen-bond donors (Lipinski definition) is 1. The molecule has 54 valence electrons. The Morgan fingerprint density at radius 3 is 2.56 bits per heavy atom. The van der Waals surface area contributed by atoms with Crippen LogP contribution < -0.4 is 5.32 Å². The normalized spacial score (nSPS) is 34.3. The molecule has 0 amide bonds. The summed E-state index contributed by atoms with van der Waals surface area (Å²) >= 11 is 0. The van der Waals surface area contributed by atoms with E-state index in [1.807, 2.05) is 0 Å². The van der Waals surface area contributed by atoms with Gasteiger partial charge in [-0.15, -0.1) is 0 Å². The van der Waals surface area contributed by atoms with Crippen LogP contribution in [0.3, 0.4) is 0 Å². The van der Waals surface area contributed by atoms with Crippen molar-refractivity contribution in [1.82, 2.24) is 5.32 Å². The minimum Gasteiger partial charge on any atom is -0.311 e. The molecule has 1 atom stereocenters. The summed E-state index contributed by atoms with van der Waals surface area (Å²) in [4.78, 5) is 0. The topological polar surface area (TPSA) is 12.0 Å². The molecule has 1 heterocycles. The Hall–Kier alpha value is -0.180. The molecular weight excluding hydrogens is 124 g/mol. The maximum Gasteiger partial charge on any atom is 0.262 e. The molecule has 0 spiro atoms. The highest BCUT2D eigenvalue weighted by atomic mass is 19.3. The predicted octanol–water partition coefficient (Wildman–Crippen LogP) is 1.25. The molecule has 0 radical (unpaired) electrons. The summed E-state index contributed by atoms with van der Waals surface area (Å²) in [6, 6.07) is 0. The third-order valence-corrected chi connectivity index (χ3v) is 1.84. The predicted molar refractivity (Wildman–Crippen MR) is 31.6 cm³/mol. The molecule has 0 aromatic carbocycles. The van der Waals surface area contributed by atoms with E-state index in [0.29, 0.717) is 6.42 Å². The number of halogens is 2. The lowest BCUT2D eigenvalue weighted by Gasteiger charge is -2.28. The van der Waals surface area contributed by atoms with E-state index in [0.717, 1.165) is 6.54 Å². The Morgan fingerprint density at radius 1 is 1.56 bits per heavy atom. The fourth-order valence-electron chi connectivity index (χ4n) is 0.959. The molecule has 0 aromatic heterocycles. The smallest absolute Gasteiger partial charge is 0.262 e. The lowest BCUT2D eigenvalue weighted by molar-refractivity contribution is -0.0658. The van der Waals surface area contributed by atoms with Crippen LogP contribution in [0.15, 0.2) is 0 Å². The Bertz CT molecular complexity index is 103. The molecule has 1 N–H and O–H groups in total. The van der Waals surface area contributed by atoms with Gasteiger partial charge in [0.05, 0.1) is 6.54 Å².